The molecule has 40 heavy (non-hydrogen) atoms. The maximum Gasteiger partial charge on any atom is 0.238 e. The molecule has 7 nitrogen and oxygen atoms in total. The van der Waals surface area contributed by atoms with Crippen LogP contribution in [0.25, 0.3) is 0 Å². The Morgan fingerprint density at radius 2 is 1.82 bits per heavy atom. The number of rotatable bonds is 4. The van der Waals surface area contributed by atoms with Crippen molar-refractivity contribution in [1.82, 2.24) is 10.6 Å². The fraction of sp³-hybridized carbons (Fsp3) is 0.484. The Hall–Kier alpha value is -2.42. The summed E-state index contributed by atoms with van der Waals surface area (Å²) in [4.78, 5) is 28.7. The molecule has 0 radical (unpaired) electrons. The monoisotopic (exact) mass is 583 g/mol. The molecule has 4 N–H and O–H groups in total. The fourth-order valence-electron chi connectivity index (χ4n) is 7.46. The minimum Gasteiger partial charge on any atom is -0.393 e. The van der Waals surface area contributed by atoms with E-state index in [1.165, 1.54) is 0 Å². The number of nitrogens with one attached hydrogen (secondary N) is 3. The van der Waals surface area contributed by atoms with Crippen LogP contribution in [0.1, 0.15) is 56.6 Å². The predicted molar refractivity (Wildman–Crippen MR) is 156 cm³/mol. The van der Waals surface area contributed by atoms with E-state index < -0.39 is 22.9 Å². The summed E-state index contributed by atoms with van der Waals surface area (Å²) in [6.45, 7) is 4.67. The van der Waals surface area contributed by atoms with Crippen LogP contribution < -0.4 is 16.0 Å². The average Bonchev–Trinajstić information content (AvgIpc) is 3.39. The van der Waals surface area contributed by atoms with Gasteiger partial charge in [0.1, 0.15) is 5.41 Å². The van der Waals surface area contributed by atoms with E-state index >= 15 is 0 Å². The summed E-state index contributed by atoms with van der Waals surface area (Å²) < 4.78 is 5.67. The first-order valence-corrected chi connectivity index (χ1v) is 14.7. The molecule has 3 heterocycles. The third-order valence-electron chi connectivity index (χ3n) is 9.50. The normalized spacial score (nSPS) is 31.8. The van der Waals surface area contributed by atoms with E-state index in [-0.39, 0.29) is 42.6 Å². The molecule has 2 aromatic carbocycles. The van der Waals surface area contributed by atoms with Gasteiger partial charge in [-0.1, -0.05) is 67.4 Å². The van der Waals surface area contributed by atoms with Gasteiger partial charge in [0, 0.05) is 27.2 Å². The van der Waals surface area contributed by atoms with Crippen LogP contribution in [0.3, 0.4) is 0 Å². The lowest BCUT2D eigenvalue weighted by Gasteiger charge is -2.50. The molecule has 9 heteroatoms. The fourth-order valence-corrected chi connectivity index (χ4v) is 7.83. The van der Waals surface area contributed by atoms with Gasteiger partial charge in [-0.05, 0) is 66.5 Å². The average molecular weight is 585 g/mol. The standard InChI is InChI=1S/C31H35Cl2N3O4/c1-29(2)10-12-30(13-11-29)31(23-9-6-20(33)15-24(23)35-28(31)39)25(18-4-3-5-19(32)14-18)26(36-30)27(38)34-21-7-8-22(16-37)40-17-21/h3-9,14-15,21-22,25-26,36-37H,10-13,16-17H2,1-2H3,(H,34,38)(H,35,39)/t21-,22+,25+,26-,31-/m1/s1. The molecule has 0 bridgehead atoms. The highest BCUT2D eigenvalue weighted by Crippen LogP contribution is 2.63. The Bertz CT molecular complexity index is 1370. The van der Waals surface area contributed by atoms with Crippen LogP contribution in [0.5, 0.6) is 0 Å². The Kier molecular flexibility index (Phi) is 7.03. The first-order valence-electron chi connectivity index (χ1n) is 13.9. The Labute approximate surface area is 244 Å². The van der Waals surface area contributed by atoms with E-state index in [9.17, 15) is 14.7 Å². The summed E-state index contributed by atoms with van der Waals surface area (Å²) in [6, 6.07) is 12.0. The van der Waals surface area contributed by atoms with Crippen LogP contribution in [0.2, 0.25) is 10.0 Å². The zero-order valence-corrected chi connectivity index (χ0v) is 24.2. The summed E-state index contributed by atoms with van der Waals surface area (Å²) in [6.07, 6.45) is 6.55. The second kappa shape index (κ2) is 10.1. The van der Waals surface area contributed by atoms with Crippen LogP contribution in [-0.2, 0) is 19.7 Å². The van der Waals surface area contributed by atoms with Crippen molar-refractivity contribution in [1.29, 1.82) is 0 Å². The molecule has 5 atom stereocenters. The number of hydrogen-bond acceptors (Lipinski definition) is 5. The molecule has 212 valence electrons. The van der Waals surface area contributed by atoms with Crippen LogP contribution >= 0.6 is 23.2 Å². The van der Waals surface area contributed by atoms with E-state index in [0.29, 0.717) is 15.7 Å². The second-order valence-electron chi connectivity index (χ2n) is 12.4. The number of fused-ring (bicyclic) bond motifs is 3. The molecule has 4 aliphatic rings. The number of aliphatic hydroxyl groups is 1. The smallest absolute Gasteiger partial charge is 0.238 e. The van der Waals surface area contributed by atoms with E-state index in [0.717, 1.165) is 36.8 Å². The number of aliphatic hydroxyl groups excluding tert-OH is 1. The Morgan fingerprint density at radius 1 is 1.07 bits per heavy atom. The van der Waals surface area contributed by atoms with Crippen molar-refractivity contribution in [2.75, 3.05) is 18.5 Å². The van der Waals surface area contributed by atoms with Crippen LogP contribution in [0.15, 0.2) is 54.6 Å². The Balaban J connectivity index is 1.50. The molecule has 2 amide bonds. The van der Waals surface area contributed by atoms with Crippen molar-refractivity contribution in [2.45, 2.75) is 74.6 Å². The second-order valence-corrected chi connectivity index (χ2v) is 13.3. The first-order chi connectivity index (χ1) is 19.1. The number of halogens is 2. The summed E-state index contributed by atoms with van der Waals surface area (Å²) in [5.74, 6) is -0.862. The topological polar surface area (TPSA) is 99.7 Å². The molecule has 3 aliphatic heterocycles. The first kappa shape index (κ1) is 27.7. The van der Waals surface area contributed by atoms with Gasteiger partial charge in [-0.3, -0.25) is 14.9 Å². The number of anilines is 1. The maximum atomic E-state index is 14.5. The van der Waals surface area contributed by atoms with Gasteiger partial charge >= 0.3 is 0 Å². The van der Waals surface area contributed by atoms with Gasteiger partial charge in [0.25, 0.3) is 0 Å². The lowest BCUT2D eigenvalue weighted by Crippen LogP contribution is -2.61. The minimum atomic E-state index is -1.06. The predicted octanol–water partition coefficient (Wildman–Crippen LogP) is 4.71. The summed E-state index contributed by atoms with van der Waals surface area (Å²) in [5, 5.41) is 20.6. The molecule has 2 aromatic rings. The lowest BCUT2D eigenvalue weighted by molar-refractivity contribution is -0.125. The van der Waals surface area contributed by atoms with Crippen LogP contribution in [0, 0.1) is 5.41 Å². The van der Waals surface area contributed by atoms with Crippen molar-refractivity contribution < 1.29 is 19.4 Å². The van der Waals surface area contributed by atoms with Crippen LogP contribution in [0.4, 0.5) is 5.69 Å². The zero-order chi connectivity index (χ0) is 28.3. The lowest BCUT2D eigenvalue weighted by atomic mass is 9.53. The number of carbonyl (C=O) groups is 2. The molecule has 1 saturated carbocycles. The molecular formula is C31H35Cl2N3O4. The SMILES string of the molecule is CC1(C)CCC2(CC1)N[C@@H](C(=O)N[C@@H]1C=C[C@@H](CO)OC1)[C@H](c1cccc(Cl)c1)[C@]21C(=O)Nc2cc(Cl)ccc21. The number of amides is 2. The van der Waals surface area contributed by atoms with Crippen molar-refractivity contribution in [3.05, 3.63) is 75.8 Å². The summed E-state index contributed by atoms with van der Waals surface area (Å²) >= 11 is 12.9. The molecule has 1 saturated heterocycles. The summed E-state index contributed by atoms with van der Waals surface area (Å²) in [7, 11) is 0. The molecule has 2 fully saturated rings. The van der Waals surface area contributed by atoms with Crippen molar-refractivity contribution >= 4 is 40.7 Å². The quantitative estimate of drug-likeness (QED) is 0.391. The van der Waals surface area contributed by atoms with E-state index in [2.05, 4.69) is 29.8 Å². The molecule has 2 spiro atoms. The van der Waals surface area contributed by atoms with Crippen molar-refractivity contribution in [3.8, 4) is 0 Å². The maximum absolute atomic E-state index is 14.5. The van der Waals surface area contributed by atoms with Gasteiger partial charge in [-0.2, -0.15) is 0 Å². The van der Waals surface area contributed by atoms with Crippen molar-refractivity contribution in [3.63, 3.8) is 0 Å². The number of benzene rings is 2. The Morgan fingerprint density at radius 3 is 2.50 bits per heavy atom. The van der Waals surface area contributed by atoms with Gasteiger partial charge < -0.3 is 20.5 Å². The zero-order valence-electron chi connectivity index (χ0n) is 22.7. The largest absolute Gasteiger partial charge is 0.393 e. The van der Waals surface area contributed by atoms with Gasteiger partial charge in [-0.15, -0.1) is 0 Å². The number of carbonyl (C=O) groups excluding carboxylic acids is 2. The molecule has 6 rings (SSSR count). The van der Waals surface area contributed by atoms with E-state index in [4.69, 9.17) is 27.9 Å². The molecular weight excluding hydrogens is 549 g/mol. The van der Waals surface area contributed by atoms with Gasteiger partial charge in [0.15, 0.2) is 0 Å². The van der Waals surface area contributed by atoms with Crippen LogP contribution in [-0.4, -0.2) is 53.9 Å². The van der Waals surface area contributed by atoms with Gasteiger partial charge in [-0.25, -0.2) is 0 Å². The van der Waals surface area contributed by atoms with E-state index in [1.807, 2.05) is 36.4 Å². The van der Waals surface area contributed by atoms with E-state index in [1.54, 1.807) is 18.2 Å². The van der Waals surface area contributed by atoms with Gasteiger partial charge in [0.2, 0.25) is 11.8 Å². The molecule has 0 aromatic heterocycles. The third kappa shape index (κ3) is 4.38. The summed E-state index contributed by atoms with van der Waals surface area (Å²) in [5.41, 5.74) is 0.788. The minimum absolute atomic E-state index is 0.113. The highest BCUT2D eigenvalue weighted by atomic mass is 35.5. The highest BCUT2D eigenvalue weighted by molar-refractivity contribution is 6.31. The molecule has 0 unspecified atom stereocenters. The van der Waals surface area contributed by atoms with Crippen molar-refractivity contribution in [2.24, 2.45) is 5.41 Å². The number of hydrogen-bond donors (Lipinski definition) is 4. The molecule has 1 aliphatic carbocycles. The van der Waals surface area contributed by atoms with Gasteiger partial charge in [0.05, 0.1) is 31.4 Å². The third-order valence-corrected chi connectivity index (χ3v) is 9.97. The highest BCUT2D eigenvalue weighted by Gasteiger charge is 2.72. The number of ether oxygens (including phenoxy) is 1.